The summed E-state index contributed by atoms with van der Waals surface area (Å²) >= 11 is 0. The molecule has 6 heteroatoms. The van der Waals surface area contributed by atoms with Crippen molar-refractivity contribution >= 4 is 17.5 Å². The summed E-state index contributed by atoms with van der Waals surface area (Å²) in [5.41, 5.74) is 1.07. The third kappa shape index (κ3) is 4.27. The quantitative estimate of drug-likeness (QED) is 0.650. The molecule has 4 N–H and O–H groups in total. The number of amides is 2. The third-order valence-electron chi connectivity index (χ3n) is 3.24. The van der Waals surface area contributed by atoms with Gasteiger partial charge in [0.2, 0.25) is 5.91 Å². The van der Waals surface area contributed by atoms with Crippen LogP contribution in [0.15, 0.2) is 24.3 Å². The largest absolute Gasteiger partial charge is 0.392 e. The van der Waals surface area contributed by atoms with Gasteiger partial charge in [-0.2, -0.15) is 0 Å². The standard InChI is InChI=1S/C15H21N3O3/c1-9(2)17-14(20)10-4-3-5-11(6-10)18-15(21)13-7-12(19)8-16-13/h3-6,9,12-13,16,19H,7-8H2,1-2H3,(H,17,20)(H,18,21). The van der Waals surface area contributed by atoms with Gasteiger partial charge in [0, 0.05) is 23.8 Å². The Morgan fingerprint density at radius 1 is 1.38 bits per heavy atom. The van der Waals surface area contributed by atoms with E-state index in [1.54, 1.807) is 24.3 Å². The summed E-state index contributed by atoms with van der Waals surface area (Å²) in [6, 6.07) is 6.46. The lowest BCUT2D eigenvalue weighted by molar-refractivity contribution is -0.117. The maximum absolute atomic E-state index is 12.0. The number of hydrogen-bond acceptors (Lipinski definition) is 4. The fourth-order valence-electron chi connectivity index (χ4n) is 2.23. The first-order valence-corrected chi connectivity index (χ1v) is 7.09. The zero-order valence-electron chi connectivity index (χ0n) is 12.2. The molecule has 1 aliphatic heterocycles. The topological polar surface area (TPSA) is 90.5 Å². The highest BCUT2D eigenvalue weighted by Crippen LogP contribution is 2.13. The van der Waals surface area contributed by atoms with Gasteiger partial charge in [-0.3, -0.25) is 9.59 Å². The van der Waals surface area contributed by atoms with Gasteiger partial charge in [-0.1, -0.05) is 6.07 Å². The predicted octanol–water partition coefficient (Wildman–Crippen LogP) is 0.486. The van der Waals surface area contributed by atoms with Crippen molar-refractivity contribution in [3.8, 4) is 0 Å². The SMILES string of the molecule is CC(C)NC(=O)c1cccc(NC(=O)C2CC(O)CN2)c1. The van der Waals surface area contributed by atoms with E-state index in [2.05, 4.69) is 16.0 Å². The highest BCUT2D eigenvalue weighted by Gasteiger charge is 2.28. The van der Waals surface area contributed by atoms with Gasteiger partial charge in [0.25, 0.3) is 5.91 Å². The van der Waals surface area contributed by atoms with Crippen LogP contribution in [0.1, 0.15) is 30.6 Å². The van der Waals surface area contributed by atoms with Crippen LogP contribution in [0, 0.1) is 0 Å². The highest BCUT2D eigenvalue weighted by molar-refractivity contribution is 5.98. The number of anilines is 1. The summed E-state index contributed by atoms with van der Waals surface area (Å²) in [6.45, 7) is 4.20. The number of nitrogens with one attached hydrogen (secondary N) is 3. The normalized spacial score (nSPS) is 21.3. The molecule has 2 atom stereocenters. The number of aliphatic hydroxyl groups is 1. The van der Waals surface area contributed by atoms with Crippen molar-refractivity contribution in [3.05, 3.63) is 29.8 Å². The molecule has 0 spiro atoms. The Labute approximate surface area is 123 Å². The van der Waals surface area contributed by atoms with Crippen LogP contribution in [0.2, 0.25) is 0 Å². The average Bonchev–Trinajstić information content (AvgIpc) is 2.85. The Morgan fingerprint density at radius 3 is 2.76 bits per heavy atom. The number of carbonyl (C=O) groups is 2. The molecule has 0 radical (unpaired) electrons. The van der Waals surface area contributed by atoms with Crippen LogP contribution >= 0.6 is 0 Å². The van der Waals surface area contributed by atoms with Crippen LogP contribution in [0.3, 0.4) is 0 Å². The Balaban J connectivity index is 2.00. The summed E-state index contributed by atoms with van der Waals surface area (Å²) in [4.78, 5) is 24.0. The van der Waals surface area contributed by atoms with E-state index in [1.807, 2.05) is 13.8 Å². The molecule has 2 amide bonds. The van der Waals surface area contributed by atoms with Gasteiger partial charge in [0.1, 0.15) is 0 Å². The van der Waals surface area contributed by atoms with Gasteiger partial charge in [-0.05, 0) is 38.5 Å². The van der Waals surface area contributed by atoms with Gasteiger partial charge in [-0.15, -0.1) is 0 Å². The van der Waals surface area contributed by atoms with Crippen LogP contribution in [0.25, 0.3) is 0 Å². The minimum absolute atomic E-state index is 0.0555. The molecule has 21 heavy (non-hydrogen) atoms. The van der Waals surface area contributed by atoms with E-state index in [1.165, 1.54) is 0 Å². The lowest BCUT2D eigenvalue weighted by atomic mass is 10.1. The monoisotopic (exact) mass is 291 g/mol. The number of carbonyl (C=O) groups excluding carboxylic acids is 2. The zero-order chi connectivity index (χ0) is 15.4. The molecule has 1 aromatic carbocycles. The van der Waals surface area contributed by atoms with Crippen LogP contribution in [0.4, 0.5) is 5.69 Å². The van der Waals surface area contributed by atoms with E-state index in [-0.39, 0.29) is 17.9 Å². The number of β-amino-alcohol motifs (C(OH)–C–C–N with tert-alkyl or cyclic N) is 1. The Hall–Kier alpha value is -1.92. The molecular formula is C15H21N3O3. The second-order valence-corrected chi connectivity index (χ2v) is 5.55. The van der Waals surface area contributed by atoms with Gasteiger partial charge in [0.05, 0.1) is 12.1 Å². The van der Waals surface area contributed by atoms with Crippen LogP contribution in [-0.4, -0.2) is 41.7 Å². The molecule has 1 saturated heterocycles. The summed E-state index contributed by atoms with van der Waals surface area (Å²) in [5, 5.41) is 17.9. The predicted molar refractivity (Wildman–Crippen MR) is 80.1 cm³/mol. The Bertz CT molecular complexity index is 531. The fraction of sp³-hybridized carbons (Fsp3) is 0.467. The summed E-state index contributed by atoms with van der Waals surface area (Å²) < 4.78 is 0. The lowest BCUT2D eigenvalue weighted by Gasteiger charge is -2.12. The van der Waals surface area contributed by atoms with Crippen molar-refractivity contribution in [1.29, 1.82) is 0 Å². The number of benzene rings is 1. The lowest BCUT2D eigenvalue weighted by Crippen LogP contribution is -2.35. The second kappa shape index (κ2) is 6.69. The molecule has 2 unspecified atom stereocenters. The van der Waals surface area contributed by atoms with Crippen molar-refractivity contribution in [3.63, 3.8) is 0 Å². The van der Waals surface area contributed by atoms with Gasteiger partial charge >= 0.3 is 0 Å². The Morgan fingerprint density at radius 2 is 2.14 bits per heavy atom. The van der Waals surface area contributed by atoms with E-state index >= 15 is 0 Å². The van der Waals surface area contributed by atoms with Crippen LogP contribution < -0.4 is 16.0 Å². The summed E-state index contributed by atoms with van der Waals surface area (Å²) in [5.74, 6) is -0.372. The van der Waals surface area contributed by atoms with Crippen molar-refractivity contribution in [2.24, 2.45) is 0 Å². The molecule has 1 aliphatic rings. The highest BCUT2D eigenvalue weighted by atomic mass is 16.3. The average molecular weight is 291 g/mol. The molecule has 1 fully saturated rings. The van der Waals surface area contributed by atoms with E-state index in [0.717, 1.165) is 0 Å². The van der Waals surface area contributed by atoms with Crippen molar-refractivity contribution in [2.75, 3.05) is 11.9 Å². The molecule has 6 nitrogen and oxygen atoms in total. The smallest absolute Gasteiger partial charge is 0.251 e. The molecular weight excluding hydrogens is 270 g/mol. The molecule has 0 aliphatic carbocycles. The zero-order valence-corrected chi connectivity index (χ0v) is 12.2. The van der Waals surface area contributed by atoms with E-state index in [9.17, 15) is 14.7 Å². The van der Waals surface area contributed by atoms with Crippen LogP contribution in [0.5, 0.6) is 0 Å². The van der Waals surface area contributed by atoms with Gasteiger partial charge in [-0.25, -0.2) is 0 Å². The van der Waals surface area contributed by atoms with E-state index < -0.39 is 12.1 Å². The molecule has 2 rings (SSSR count). The molecule has 0 bridgehead atoms. The molecule has 1 aromatic rings. The number of aliphatic hydroxyl groups excluding tert-OH is 1. The summed E-state index contributed by atoms with van der Waals surface area (Å²) in [7, 11) is 0. The van der Waals surface area contributed by atoms with Crippen molar-refractivity contribution < 1.29 is 14.7 Å². The molecule has 114 valence electrons. The Kier molecular flexibility index (Phi) is 4.93. The second-order valence-electron chi connectivity index (χ2n) is 5.55. The molecule has 1 heterocycles. The van der Waals surface area contributed by atoms with Gasteiger partial charge < -0.3 is 21.1 Å². The maximum atomic E-state index is 12.0. The van der Waals surface area contributed by atoms with Crippen molar-refractivity contribution in [1.82, 2.24) is 10.6 Å². The minimum atomic E-state index is -0.482. The molecule has 0 saturated carbocycles. The van der Waals surface area contributed by atoms with E-state index in [0.29, 0.717) is 24.2 Å². The van der Waals surface area contributed by atoms with Crippen LogP contribution in [-0.2, 0) is 4.79 Å². The summed E-state index contributed by atoms with van der Waals surface area (Å²) in [6.07, 6.45) is -0.0804. The number of rotatable bonds is 4. The van der Waals surface area contributed by atoms with E-state index in [4.69, 9.17) is 0 Å². The fourth-order valence-corrected chi connectivity index (χ4v) is 2.23. The first-order valence-electron chi connectivity index (χ1n) is 7.09. The van der Waals surface area contributed by atoms with Crippen molar-refractivity contribution in [2.45, 2.75) is 38.5 Å². The van der Waals surface area contributed by atoms with Gasteiger partial charge in [0.15, 0.2) is 0 Å². The minimum Gasteiger partial charge on any atom is -0.392 e. The first kappa shape index (κ1) is 15.5. The third-order valence-corrected chi connectivity index (χ3v) is 3.24. The first-order chi connectivity index (χ1) is 9.95. The maximum Gasteiger partial charge on any atom is 0.251 e. The molecule has 0 aromatic heterocycles. The number of hydrogen-bond donors (Lipinski definition) is 4.